The van der Waals surface area contributed by atoms with E-state index in [4.69, 9.17) is 15.2 Å². The van der Waals surface area contributed by atoms with Crippen LogP contribution in [-0.4, -0.2) is 107 Å². The molecule has 206 valence electrons. The highest BCUT2D eigenvalue weighted by Crippen LogP contribution is 2.34. The van der Waals surface area contributed by atoms with Crippen LogP contribution in [0.1, 0.15) is 32.6 Å². The topological polar surface area (TPSA) is 135 Å². The second-order valence-electron chi connectivity index (χ2n) is 10.2. The number of carbonyl (C=O) groups excluding carboxylic acids is 1. The lowest BCUT2D eigenvalue weighted by atomic mass is 9.88. The van der Waals surface area contributed by atoms with Crippen molar-refractivity contribution in [3.8, 4) is 17.1 Å². The van der Waals surface area contributed by atoms with Gasteiger partial charge >= 0.3 is 6.03 Å². The van der Waals surface area contributed by atoms with E-state index in [1.807, 2.05) is 11.8 Å². The van der Waals surface area contributed by atoms with Crippen LogP contribution in [-0.2, 0) is 4.74 Å². The van der Waals surface area contributed by atoms with Crippen molar-refractivity contribution in [3.05, 3.63) is 18.2 Å². The highest BCUT2D eigenvalue weighted by Gasteiger charge is 2.37. The fourth-order valence-electron chi connectivity index (χ4n) is 5.02. The Kier molecular flexibility index (Phi) is 8.03. The number of nitrogens with two attached hydrogens (primary N) is 1. The van der Waals surface area contributed by atoms with Gasteiger partial charge in [-0.25, -0.2) is 19.7 Å². The lowest BCUT2D eigenvalue weighted by Gasteiger charge is -2.40. The van der Waals surface area contributed by atoms with Gasteiger partial charge in [-0.15, -0.1) is 0 Å². The Balaban J connectivity index is 1.24. The first-order valence-electron chi connectivity index (χ1n) is 13.3. The van der Waals surface area contributed by atoms with Crippen LogP contribution in [0.3, 0.4) is 0 Å². The molecule has 2 aromatic rings. The molecule has 1 saturated carbocycles. The van der Waals surface area contributed by atoms with Crippen LogP contribution in [0.5, 0.6) is 5.88 Å². The van der Waals surface area contributed by atoms with E-state index in [0.717, 1.165) is 19.6 Å². The summed E-state index contributed by atoms with van der Waals surface area (Å²) in [5.74, 6) is -0.359. The van der Waals surface area contributed by atoms with Crippen molar-refractivity contribution in [2.45, 2.75) is 50.8 Å². The molecule has 38 heavy (non-hydrogen) atoms. The van der Waals surface area contributed by atoms with Gasteiger partial charge in [0.2, 0.25) is 17.7 Å². The lowest BCUT2D eigenvalue weighted by molar-refractivity contribution is 0.0376. The quantitative estimate of drug-likeness (QED) is 0.518. The van der Waals surface area contributed by atoms with Gasteiger partial charge in [-0.1, -0.05) is 0 Å². The standard InChI is InChI=1S/C25H36FN9O3/c1-16-15-37-10-9-35(16)24-31-21(17-13-29-23(27)30-14-17)20(26)22(32-24)38-19-11-18(12-19)33(2)25(36)28-5-8-34-6-3-4-7-34/h13-14,16,18-19H,3-12,15H2,1-2H3,(H,28,36)(H2,27,29,30)/t16-,18?,19?/m0/s1. The maximum atomic E-state index is 15.6. The van der Waals surface area contributed by atoms with Gasteiger partial charge in [0.15, 0.2) is 0 Å². The monoisotopic (exact) mass is 529 g/mol. The Bertz CT molecular complexity index is 1110. The molecule has 2 aromatic heterocycles. The van der Waals surface area contributed by atoms with Gasteiger partial charge in [-0.3, -0.25) is 0 Å². The Morgan fingerprint density at radius 1 is 1.24 bits per heavy atom. The third-order valence-corrected chi connectivity index (χ3v) is 7.50. The minimum atomic E-state index is -0.681. The van der Waals surface area contributed by atoms with Crippen LogP contribution in [0.15, 0.2) is 12.4 Å². The number of ether oxygens (including phenoxy) is 2. The predicted molar refractivity (Wildman–Crippen MR) is 139 cm³/mol. The van der Waals surface area contributed by atoms with Crippen LogP contribution >= 0.6 is 0 Å². The summed E-state index contributed by atoms with van der Waals surface area (Å²) in [7, 11) is 1.79. The number of amides is 2. The van der Waals surface area contributed by atoms with Gasteiger partial charge < -0.3 is 35.2 Å². The van der Waals surface area contributed by atoms with Crippen molar-refractivity contribution >= 4 is 17.9 Å². The molecular formula is C25H36FN9O3. The van der Waals surface area contributed by atoms with Crippen molar-refractivity contribution < 1.29 is 18.7 Å². The summed E-state index contributed by atoms with van der Waals surface area (Å²) in [4.78, 5) is 35.5. The smallest absolute Gasteiger partial charge is 0.317 e. The van der Waals surface area contributed by atoms with E-state index >= 15 is 4.39 Å². The molecule has 3 aliphatic rings. The number of hydrogen-bond acceptors (Lipinski definition) is 10. The summed E-state index contributed by atoms with van der Waals surface area (Å²) in [6.45, 7) is 7.33. The predicted octanol–water partition coefficient (Wildman–Crippen LogP) is 1.53. The highest BCUT2D eigenvalue weighted by molar-refractivity contribution is 5.74. The summed E-state index contributed by atoms with van der Waals surface area (Å²) in [5, 5.41) is 3.00. The average molecular weight is 530 g/mol. The Labute approximate surface area is 221 Å². The van der Waals surface area contributed by atoms with Crippen LogP contribution in [0.2, 0.25) is 0 Å². The number of halogens is 1. The largest absolute Gasteiger partial charge is 0.472 e. The molecule has 2 amide bonds. The molecule has 3 fully saturated rings. The number of morpholine rings is 1. The number of urea groups is 1. The molecule has 12 nitrogen and oxygen atoms in total. The minimum Gasteiger partial charge on any atom is -0.472 e. The van der Waals surface area contributed by atoms with Gasteiger partial charge in [0.25, 0.3) is 5.88 Å². The Hall–Kier alpha value is -3.32. The number of hydrogen-bond donors (Lipinski definition) is 2. The van der Waals surface area contributed by atoms with Crippen molar-refractivity contribution in [3.63, 3.8) is 0 Å². The fourth-order valence-corrected chi connectivity index (χ4v) is 5.02. The first-order valence-corrected chi connectivity index (χ1v) is 13.3. The third kappa shape index (κ3) is 5.88. The number of rotatable bonds is 8. The summed E-state index contributed by atoms with van der Waals surface area (Å²) in [5.41, 5.74) is 6.04. The zero-order valence-electron chi connectivity index (χ0n) is 22.0. The van der Waals surface area contributed by atoms with E-state index in [1.165, 1.54) is 25.2 Å². The Morgan fingerprint density at radius 2 is 1.97 bits per heavy atom. The van der Waals surface area contributed by atoms with Crippen LogP contribution < -0.4 is 20.7 Å². The molecule has 1 atom stereocenters. The molecule has 5 rings (SSSR count). The van der Waals surface area contributed by atoms with Gasteiger partial charge in [0.1, 0.15) is 11.8 Å². The van der Waals surface area contributed by atoms with Crippen molar-refractivity contribution in [1.29, 1.82) is 0 Å². The van der Waals surface area contributed by atoms with Gasteiger partial charge in [-0.2, -0.15) is 9.37 Å². The van der Waals surface area contributed by atoms with E-state index in [9.17, 15) is 4.79 Å². The van der Waals surface area contributed by atoms with Gasteiger partial charge in [-0.05, 0) is 32.9 Å². The van der Waals surface area contributed by atoms with E-state index < -0.39 is 5.82 Å². The summed E-state index contributed by atoms with van der Waals surface area (Å²) in [6.07, 6.45) is 6.22. The molecular weight excluding hydrogens is 493 g/mol. The van der Waals surface area contributed by atoms with Gasteiger partial charge in [0.05, 0.1) is 19.3 Å². The first-order chi connectivity index (χ1) is 18.4. The number of nitrogens with one attached hydrogen (secondary N) is 1. The van der Waals surface area contributed by atoms with Crippen LogP contribution in [0, 0.1) is 5.82 Å². The third-order valence-electron chi connectivity index (χ3n) is 7.50. The molecule has 13 heteroatoms. The molecule has 0 spiro atoms. The zero-order chi connectivity index (χ0) is 26.6. The van der Waals surface area contributed by atoms with Crippen molar-refractivity contribution in [2.24, 2.45) is 0 Å². The maximum Gasteiger partial charge on any atom is 0.317 e. The summed E-state index contributed by atoms with van der Waals surface area (Å²) >= 11 is 0. The molecule has 3 N–H and O–H groups in total. The number of nitrogen functional groups attached to an aromatic ring is 1. The second-order valence-corrected chi connectivity index (χ2v) is 10.2. The van der Waals surface area contributed by atoms with Crippen LogP contribution in [0.4, 0.5) is 21.1 Å². The number of anilines is 2. The average Bonchev–Trinajstić information content (AvgIpc) is 3.41. The summed E-state index contributed by atoms with van der Waals surface area (Å²) in [6, 6.07) is -0.0706. The normalized spacial score (nSPS) is 23.7. The van der Waals surface area contributed by atoms with Crippen LogP contribution in [0.25, 0.3) is 11.3 Å². The number of aromatic nitrogens is 4. The van der Waals surface area contributed by atoms with E-state index in [-0.39, 0.29) is 41.7 Å². The minimum absolute atomic E-state index is 0.0142. The van der Waals surface area contributed by atoms with Crippen molar-refractivity contribution in [1.82, 2.24) is 35.1 Å². The first kappa shape index (κ1) is 26.3. The number of carbonyl (C=O) groups is 1. The lowest BCUT2D eigenvalue weighted by Crippen LogP contribution is -2.53. The number of nitrogens with zero attached hydrogens (tertiary/aromatic N) is 7. The summed E-state index contributed by atoms with van der Waals surface area (Å²) < 4.78 is 27.2. The SMILES string of the molecule is C[C@H]1COCCN1c1nc(OC2CC(N(C)C(=O)NCCN3CCCC3)C2)c(F)c(-c2cnc(N)nc2)n1. The van der Waals surface area contributed by atoms with E-state index in [0.29, 0.717) is 50.7 Å². The van der Waals surface area contributed by atoms with E-state index in [1.54, 1.807) is 11.9 Å². The molecule has 2 saturated heterocycles. The fraction of sp³-hybridized carbons (Fsp3) is 0.640. The highest BCUT2D eigenvalue weighted by atomic mass is 19.1. The second kappa shape index (κ2) is 11.6. The Morgan fingerprint density at radius 3 is 2.68 bits per heavy atom. The molecule has 2 aliphatic heterocycles. The number of likely N-dealkylation sites (tertiary alicyclic amines) is 1. The molecule has 4 heterocycles. The zero-order valence-corrected chi connectivity index (χ0v) is 22.0. The van der Waals surface area contributed by atoms with Gasteiger partial charge in [0, 0.05) is 63.5 Å². The maximum absolute atomic E-state index is 15.6. The molecule has 0 unspecified atom stereocenters. The van der Waals surface area contributed by atoms with E-state index in [2.05, 4.69) is 30.2 Å². The van der Waals surface area contributed by atoms with Crippen molar-refractivity contribution in [2.75, 3.05) is 63.6 Å². The molecule has 0 bridgehead atoms. The molecule has 0 radical (unpaired) electrons. The molecule has 0 aromatic carbocycles. The molecule has 1 aliphatic carbocycles.